The number of hydrogen-bond acceptors (Lipinski definition) is 3. The molecule has 0 fully saturated rings. The molecule has 0 spiro atoms. The van der Waals surface area contributed by atoms with Crippen molar-refractivity contribution in [1.82, 2.24) is 0 Å². The number of aliphatic hydroxyl groups is 2. The molecule has 2 atom stereocenters. The fourth-order valence-electron chi connectivity index (χ4n) is 0.465. The molecule has 9 heavy (non-hydrogen) atoms. The number of rotatable bonds is 3. The van der Waals surface area contributed by atoms with E-state index < -0.39 is 12.2 Å². The summed E-state index contributed by atoms with van der Waals surface area (Å²) in [6, 6.07) is 0. The molecule has 3 heteroatoms. The lowest BCUT2D eigenvalue weighted by Crippen LogP contribution is -2.31. The highest BCUT2D eigenvalue weighted by molar-refractivity contribution is 4.89. The average molecular weight is 131 g/mol. The Morgan fingerprint density at radius 2 is 2.11 bits per heavy atom. The van der Waals surface area contributed by atoms with Gasteiger partial charge in [-0.05, 0) is 6.92 Å². The third-order valence-electron chi connectivity index (χ3n) is 1.03. The first-order valence-corrected chi connectivity index (χ1v) is 2.91. The van der Waals surface area contributed by atoms with Crippen molar-refractivity contribution in [3.8, 4) is 0 Å². The molecule has 54 valence electrons. The molecule has 0 saturated carbocycles. The Labute approximate surface area is 54.8 Å². The predicted octanol–water partition coefficient (Wildman–Crippen LogP) is -0.757. The Hall–Kier alpha value is -0.380. The first-order chi connectivity index (χ1) is 4.22. The van der Waals surface area contributed by atoms with Gasteiger partial charge in [0.25, 0.3) is 0 Å². The molecule has 0 saturated heterocycles. The quantitative estimate of drug-likeness (QED) is 0.441. The summed E-state index contributed by atoms with van der Waals surface area (Å²) in [7, 11) is 0. The second-order valence-electron chi connectivity index (χ2n) is 1.82. The maximum absolute atomic E-state index is 8.90. The van der Waals surface area contributed by atoms with Gasteiger partial charge in [0, 0.05) is 6.54 Å². The van der Waals surface area contributed by atoms with Crippen LogP contribution in [0.3, 0.4) is 0 Å². The second-order valence-corrected chi connectivity index (χ2v) is 1.82. The Bertz CT molecular complexity index is 93.1. The lowest BCUT2D eigenvalue weighted by Gasteiger charge is -2.10. The Balaban J connectivity index is 3.58. The molecule has 0 aliphatic rings. The van der Waals surface area contributed by atoms with E-state index in [9.17, 15) is 0 Å². The van der Waals surface area contributed by atoms with E-state index in [4.69, 9.17) is 15.9 Å². The topological polar surface area (TPSA) is 66.5 Å². The number of allylic oxidation sites excluding steroid dienone is 1. The number of hydrogen-bond donors (Lipinski definition) is 3. The van der Waals surface area contributed by atoms with Crippen molar-refractivity contribution >= 4 is 0 Å². The maximum atomic E-state index is 8.90. The molecule has 0 aromatic heterocycles. The molecule has 3 nitrogen and oxygen atoms in total. The third-order valence-corrected chi connectivity index (χ3v) is 1.03. The Morgan fingerprint density at radius 1 is 1.56 bits per heavy atom. The highest BCUT2D eigenvalue weighted by atomic mass is 16.3. The van der Waals surface area contributed by atoms with Gasteiger partial charge in [-0.3, -0.25) is 0 Å². The monoisotopic (exact) mass is 131 g/mol. The fourth-order valence-corrected chi connectivity index (χ4v) is 0.465. The molecule has 0 aromatic rings. The lowest BCUT2D eigenvalue weighted by atomic mass is 10.2. The molecule has 4 N–H and O–H groups in total. The SMILES string of the molecule is CC=CC(O)C(O)CN. The molecule has 0 bridgehead atoms. The molecule has 0 radical (unpaired) electrons. The smallest absolute Gasteiger partial charge is 0.0992 e. The molecular weight excluding hydrogens is 118 g/mol. The summed E-state index contributed by atoms with van der Waals surface area (Å²) in [5.41, 5.74) is 5.06. The van der Waals surface area contributed by atoms with Crippen LogP contribution in [0.1, 0.15) is 6.92 Å². The van der Waals surface area contributed by atoms with Crippen LogP contribution in [0.2, 0.25) is 0 Å². The summed E-state index contributed by atoms with van der Waals surface area (Å²) in [4.78, 5) is 0. The van der Waals surface area contributed by atoms with Crippen molar-refractivity contribution in [2.45, 2.75) is 19.1 Å². The highest BCUT2D eigenvalue weighted by Crippen LogP contribution is 1.91. The van der Waals surface area contributed by atoms with E-state index in [1.54, 1.807) is 13.0 Å². The van der Waals surface area contributed by atoms with E-state index in [0.29, 0.717) is 0 Å². The highest BCUT2D eigenvalue weighted by Gasteiger charge is 2.08. The van der Waals surface area contributed by atoms with Crippen molar-refractivity contribution in [3.05, 3.63) is 12.2 Å². The summed E-state index contributed by atoms with van der Waals surface area (Å²) < 4.78 is 0. The minimum atomic E-state index is -0.832. The van der Waals surface area contributed by atoms with Crippen molar-refractivity contribution in [1.29, 1.82) is 0 Å². The summed E-state index contributed by atoms with van der Waals surface area (Å²) in [5.74, 6) is 0. The molecule has 0 amide bonds. The van der Waals surface area contributed by atoms with Gasteiger partial charge >= 0.3 is 0 Å². The van der Waals surface area contributed by atoms with Gasteiger partial charge in [-0.2, -0.15) is 0 Å². The Morgan fingerprint density at radius 3 is 2.44 bits per heavy atom. The van der Waals surface area contributed by atoms with Gasteiger partial charge in [-0.1, -0.05) is 12.2 Å². The molecule has 0 aromatic carbocycles. The van der Waals surface area contributed by atoms with Gasteiger partial charge in [-0.25, -0.2) is 0 Å². The first-order valence-electron chi connectivity index (χ1n) is 2.91. The minimum absolute atomic E-state index is 0.0888. The maximum Gasteiger partial charge on any atom is 0.0992 e. The third kappa shape index (κ3) is 3.24. The van der Waals surface area contributed by atoms with Gasteiger partial charge < -0.3 is 15.9 Å². The summed E-state index contributed by atoms with van der Waals surface area (Å²) in [5, 5.41) is 17.7. The number of nitrogens with two attached hydrogens (primary N) is 1. The van der Waals surface area contributed by atoms with Crippen LogP contribution in [-0.4, -0.2) is 29.0 Å². The van der Waals surface area contributed by atoms with Crippen molar-refractivity contribution in [2.24, 2.45) is 5.73 Å². The first kappa shape index (κ1) is 8.62. The van der Waals surface area contributed by atoms with E-state index in [0.717, 1.165) is 0 Å². The zero-order valence-corrected chi connectivity index (χ0v) is 5.49. The normalized spacial score (nSPS) is 18.2. The molecule has 0 rings (SSSR count). The van der Waals surface area contributed by atoms with Crippen molar-refractivity contribution in [2.75, 3.05) is 6.54 Å². The zero-order chi connectivity index (χ0) is 7.28. The van der Waals surface area contributed by atoms with Gasteiger partial charge in [-0.15, -0.1) is 0 Å². The molecule has 0 aliphatic heterocycles. The minimum Gasteiger partial charge on any atom is -0.389 e. The van der Waals surface area contributed by atoms with Crippen LogP contribution in [0.5, 0.6) is 0 Å². The van der Waals surface area contributed by atoms with E-state index >= 15 is 0 Å². The van der Waals surface area contributed by atoms with E-state index in [1.165, 1.54) is 6.08 Å². The van der Waals surface area contributed by atoms with Crippen molar-refractivity contribution in [3.63, 3.8) is 0 Å². The van der Waals surface area contributed by atoms with Crippen LogP contribution in [0, 0.1) is 0 Å². The van der Waals surface area contributed by atoms with E-state index in [-0.39, 0.29) is 6.54 Å². The molecule has 0 heterocycles. The summed E-state index contributed by atoms with van der Waals surface area (Å²) in [6.07, 6.45) is 1.52. The van der Waals surface area contributed by atoms with Crippen LogP contribution >= 0.6 is 0 Å². The lowest BCUT2D eigenvalue weighted by molar-refractivity contribution is 0.0549. The zero-order valence-electron chi connectivity index (χ0n) is 5.49. The van der Waals surface area contributed by atoms with E-state index in [1.807, 2.05) is 0 Å². The standard InChI is InChI=1S/C6H13NO2/c1-2-3-5(8)6(9)4-7/h2-3,5-6,8-9H,4,7H2,1H3. The van der Waals surface area contributed by atoms with Gasteiger partial charge in [0.05, 0.1) is 12.2 Å². The summed E-state index contributed by atoms with van der Waals surface area (Å²) >= 11 is 0. The van der Waals surface area contributed by atoms with Gasteiger partial charge in [0.1, 0.15) is 0 Å². The molecule has 2 unspecified atom stereocenters. The van der Waals surface area contributed by atoms with Crippen LogP contribution in [-0.2, 0) is 0 Å². The average Bonchev–Trinajstić information content (AvgIpc) is 1.87. The molecule has 0 aliphatic carbocycles. The van der Waals surface area contributed by atoms with Crippen LogP contribution < -0.4 is 5.73 Å². The van der Waals surface area contributed by atoms with Crippen LogP contribution in [0.25, 0.3) is 0 Å². The Kier molecular flexibility index (Phi) is 4.30. The van der Waals surface area contributed by atoms with Crippen molar-refractivity contribution < 1.29 is 10.2 Å². The largest absolute Gasteiger partial charge is 0.389 e. The van der Waals surface area contributed by atoms with Gasteiger partial charge in [0.2, 0.25) is 0 Å². The van der Waals surface area contributed by atoms with Crippen LogP contribution in [0.15, 0.2) is 12.2 Å². The molecular formula is C6H13NO2. The fraction of sp³-hybridized carbons (Fsp3) is 0.667. The summed E-state index contributed by atoms with van der Waals surface area (Å²) in [6.45, 7) is 1.86. The van der Waals surface area contributed by atoms with Crippen LogP contribution in [0.4, 0.5) is 0 Å². The second kappa shape index (κ2) is 4.49. The number of aliphatic hydroxyl groups excluding tert-OH is 2. The van der Waals surface area contributed by atoms with Gasteiger partial charge in [0.15, 0.2) is 0 Å². The predicted molar refractivity (Wildman–Crippen MR) is 35.9 cm³/mol. The van der Waals surface area contributed by atoms with E-state index in [2.05, 4.69) is 0 Å².